The van der Waals surface area contributed by atoms with Crippen LogP contribution in [0, 0.1) is 10.8 Å². The Morgan fingerprint density at radius 2 is 1.18 bits per heavy atom. The molecule has 0 saturated heterocycles. The number of nitrogen functional groups attached to an aromatic ring is 2. The third-order valence-corrected chi connectivity index (χ3v) is 4.07. The van der Waals surface area contributed by atoms with E-state index in [4.69, 9.17) is 22.3 Å². The molecule has 0 unspecified atom stereocenters. The van der Waals surface area contributed by atoms with Gasteiger partial charge in [0.25, 0.3) is 11.8 Å². The molecule has 28 heavy (non-hydrogen) atoms. The fourth-order valence-electron chi connectivity index (χ4n) is 2.49. The molecule has 2 rings (SSSR count). The van der Waals surface area contributed by atoms with Crippen LogP contribution in [0.25, 0.3) is 0 Å². The minimum Gasteiger partial charge on any atom is -0.384 e. The van der Waals surface area contributed by atoms with E-state index in [0.29, 0.717) is 48.2 Å². The summed E-state index contributed by atoms with van der Waals surface area (Å²) in [5.41, 5.74) is 12.8. The van der Waals surface area contributed by atoms with Crippen LogP contribution in [0.4, 0.5) is 0 Å². The molecule has 2 amide bonds. The second kappa shape index (κ2) is 9.86. The van der Waals surface area contributed by atoms with Gasteiger partial charge in [-0.15, -0.1) is 0 Å². The SMILES string of the molecule is N=C(N)c1ccc(C(=O)NCCCCNC(=O)c2cccc(C(=N)N)c2)cc1. The van der Waals surface area contributed by atoms with E-state index in [0.717, 1.165) is 0 Å². The van der Waals surface area contributed by atoms with Crippen LogP contribution in [0.2, 0.25) is 0 Å². The Kier molecular flexibility index (Phi) is 7.27. The third-order valence-electron chi connectivity index (χ3n) is 4.07. The van der Waals surface area contributed by atoms with Crippen molar-refractivity contribution in [2.24, 2.45) is 11.5 Å². The number of amidine groups is 2. The molecule has 2 aromatic rings. The first kappa shape index (κ1) is 20.6. The van der Waals surface area contributed by atoms with Crippen LogP contribution in [-0.2, 0) is 0 Å². The van der Waals surface area contributed by atoms with Crippen molar-refractivity contribution in [2.75, 3.05) is 13.1 Å². The van der Waals surface area contributed by atoms with Gasteiger partial charge in [0.05, 0.1) is 0 Å². The van der Waals surface area contributed by atoms with Crippen molar-refractivity contribution in [3.63, 3.8) is 0 Å². The minimum atomic E-state index is -0.224. The lowest BCUT2D eigenvalue weighted by atomic mass is 10.1. The Balaban J connectivity index is 1.68. The van der Waals surface area contributed by atoms with Crippen molar-refractivity contribution in [1.82, 2.24) is 10.6 Å². The summed E-state index contributed by atoms with van der Waals surface area (Å²) in [6.07, 6.45) is 1.42. The number of carbonyl (C=O) groups is 2. The summed E-state index contributed by atoms with van der Waals surface area (Å²) in [5.74, 6) is -0.541. The van der Waals surface area contributed by atoms with E-state index in [-0.39, 0.29) is 23.5 Å². The standard InChI is InChI=1S/C20H24N6O2/c21-17(22)13-6-8-14(9-7-13)19(27)25-10-1-2-11-26-20(28)16-5-3-4-15(12-16)18(23)24/h3-9,12H,1-2,10-11H2,(H3,21,22)(H3,23,24)(H,25,27)(H,26,28). The Morgan fingerprint density at radius 1 is 0.714 bits per heavy atom. The van der Waals surface area contributed by atoms with Gasteiger partial charge >= 0.3 is 0 Å². The van der Waals surface area contributed by atoms with Gasteiger partial charge in [0.15, 0.2) is 0 Å². The van der Waals surface area contributed by atoms with Crippen LogP contribution in [0.3, 0.4) is 0 Å². The average molecular weight is 380 g/mol. The van der Waals surface area contributed by atoms with E-state index >= 15 is 0 Å². The highest BCUT2D eigenvalue weighted by molar-refractivity contribution is 6.00. The van der Waals surface area contributed by atoms with Gasteiger partial charge in [0, 0.05) is 35.3 Å². The van der Waals surface area contributed by atoms with E-state index in [1.54, 1.807) is 48.5 Å². The van der Waals surface area contributed by atoms with Gasteiger partial charge in [-0.1, -0.05) is 24.3 Å². The molecule has 0 saturated carbocycles. The van der Waals surface area contributed by atoms with Gasteiger partial charge in [-0.3, -0.25) is 20.4 Å². The highest BCUT2D eigenvalue weighted by Crippen LogP contribution is 2.05. The zero-order valence-corrected chi connectivity index (χ0v) is 15.4. The lowest BCUT2D eigenvalue weighted by Gasteiger charge is -2.08. The molecule has 0 aliphatic heterocycles. The first-order valence-electron chi connectivity index (χ1n) is 8.84. The molecule has 2 aromatic carbocycles. The first-order valence-corrected chi connectivity index (χ1v) is 8.84. The average Bonchev–Trinajstić information content (AvgIpc) is 2.70. The molecule has 8 heteroatoms. The molecule has 0 radical (unpaired) electrons. The maximum Gasteiger partial charge on any atom is 0.251 e. The molecular weight excluding hydrogens is 356 g/mol. The van der Waals surface area contributed by atoms with Crippen molar-refractivity contribution in [1.29, 1.82) is 10.8 Å². The number of rotatable bonds is 9. The lowest BCUT2D eigenvalue weighted by Crippen LogP contribution is -2.27. The Labute approximate surface area is 163 Å². The van der Waals surface area contributed by atoms with Gasteiger partial charge in [0.1, 0.15) is 11.7 Å². The summed E-state index contributed by atoms with van der Waals surface area (Å²) in [4.78, 5) is 24.2. The summed E-state index contributed by atoms with van der Waals surface area (Å²) in [6, 6.07) is 13.1. The number of amides is 2. The topological polar surface area (TPSA) is 158 Å². The van der Waals surface area contributed by atoms with Crippen molar-refractivity contribution < 1.29 is 9.59 Å². The maximum absolute atomic E-state index is 12.1. The molecule has 0 aliphatic carbocycles. The number of nitrogens with one attached hydrogen (secondary N) is 4. The van der Waals surface area contributed by atoms with E-state index in [1.165, 1.54) is 0 Å². The number of carbonyl (C=O) groups excluding carboxylic acids is 2. The number of hydrogen-bond donors (Lipinski definition) is 6. The molecule has 0 aliphatic rings. The monoisotopic (exact) mass is 380 g/mol. The van der Waals surface area contributed by atoms with E-state index in [1.807, 2.05) is 0 Å². The molecule has 0 aromatic heterocycles. The number of nitrogens with two attached hydrogens (primary N) is 2. The quantitative estimate of drug-likeness (QED) is 0.219. The fraction of sp³-hybridized carbons (Fsp3) is 0.200. The molecule has 146 valence electrons. The summed E-state index contributed by atoms with van der Waals surface area (Å²) >= 11 is 0. The molecule has 8 N–H and O–H groups in total. The van der Waals surface area contributed by atoms with Crippen LogP contribution in [0.5, 0.6) is 0 Å². The predicted octanol–water partition coefficient (Wildman–Crippen LogP) is 1.19. The molecule has 0 spiro atoms. The predicted molar refractivity (Wildman–Crippen MR) is 109 cm³/mol. The summed E-state index contributed by atoms with van der Waals surface area (Å²) in [5, 5.41) is 20.4. The summed E-state index contributed by atoms with van der Waals surface area (Å²) in [6.45, 7) is 0.968. The number of unbranched alkanes of at least 4 members (excludes halogenated alkanes) is 1. The molecule has 0 heterocycles. The molecule has 0 bridgehead atoms. The second-order valence-electron chi connectivity index (χ2n) is 6.20. The fourth-order valence-corrected chi connectivity index (χ4v) is 2.49. The van der Waals surface area contributed by atoms with Crippen molar-refractivity contribution >= 4 is 23.5 Å². The van der Waals surface area contributed by atoms with Crippen molar-refractivity contribution in [3.05, 3.63) is 70.8 Å². The van der Waals surface area contributed by atoms with Gasteiger partial charge in [0.2, 0.25) is 0 Å². The zero-order chi connectivity index (χ0) is 20.5. The van der Waals surface area contributed by atoms with E-state index in [9.17, 15) is 9.59 Å². The van der Waals surface area contributed by atoms with Crippen molar-refractivity contribution in [2.45, 2.75) is 12.8 Å². The third kappa shape index (κ3) is 5.94. The van der Waals surface area contributed by atoms with E-state index in [2.05, 4.69) is 10.6 Å². The Hall–Kier alpha value is -3.68. The molecule has 0 atom stereocenters. The van der Waals surface area contributed by atoms with E-state index < -0.39 is 0 Å². The summed E-state index contributed by atoms with van der Waals surface area (Å²) in [7, 11) is 0. The number of hydrogen-bond acceptors (Lipinski definition) is 4. The van der Waals surface area contributed by atoms with Gasteiger partial charge in [-0.05, 0) is 37.1 Å². The first-order chi connectivity index (χ1) is 13.4. The maximum atomic E-state index is 12.1. The number of benzene rings is 2. The minimum absolute atomic E-state index is 0.0398. The smallest absolute Gasteiger partial charge is 0.251 e. The molecule has 0 fully saturated rings. The van der Waals surface area contributed by atoms with Crippen LogP contribution in [0.1, 0.15) is 44.7 Å². The summed E-state index contributed by atoms with van der Waals surface area (Å²) < 4.78 is 0. The molecule has 8 nitrogen and oxygen atoms in total. The van der Waals surface area contributed by atoms with Crippen LogP contribution < -0.4 is 22.1 Å². The van der Waals surface area contributed by atoms with Crippen LogP contribution in [0.15, 0.2) is 48.5 Å². The zero-order valence-electron chi connectivity index (χ0n) is 15.4. The largest absolute Gasteiger partial charge is 0.384 e. The second-order valence-corrected chi connectivity index (χ2v) is 6.20. The highest BCUT2D eigenvalue weighted by atomic mass is 16.2. The Bertz CT molecular complexity index is 877. The van der Waals surface area contributed by atoms with Crippen molar-refractivity contribution in [3.8, 4) is 0 Å². The normalized spacial score (nSPS) is 10.1. The highest BCUT2D eigenvalue weighted by Gasteiger charge is 2.07. The van der Waals surface area contributed by atoms with Crippen LogP contribution >= 0.6 is 0 Å². The van der Waals surface area contributed by atoms with Gasteiger partial charge in [-0.2, -0.15) is 0 Å². The van der Waals surface area contributed by atoms with Gasteiger partial charge in [-0.25, -0.2) is 0 Å². The Morgan fingerprint density at radius 3 is 1.71 bits per heavy atom. The lowest BCUT2D eigenvalue weighted by molar-refractivity contribution is 0.0939. The van der Waals surface area contributed by atoms with Crippen LogP contribution in [-0.4, -0.2) is 36.6 Å². The van der Waals surface area contributed by atoms with Gasteiger partial charge < -0.3 is 22.1 Å². The molecular formula is C20H24N6O2.